The SMILES string of the molecule is C=CC(N)=NCC1CN(c2cc(F)c(N3CC4(COC4)C3)c(F)c2)C(=O)O1.CO. The van der Waals surface area contributed by atoms with Crippen molar-refractivity contribution < 1.29 is 28.2 Å². The van der Waals surface area contributed by atoms with Crippen LogP contribution >= 0.6 is 0 Å². The maximum absolute atomic E-state index is 14.6. The lowest BCUT2D eigenvalue weighted by Gasteiger charge is -2.56. The fraction of sp³-hybridized carbons (Fsp3) is 0.474. The van der Waals surface area contributed by atoms with Gasteiger partial charge in [-0.1, -0.05) is 6.58 Å². The first-order valence-electron chi connectivity index (χ1n) is 9.08. The molecule has 4 rings (SSSR count). The van der Waals surface area contributed by atoms with Crippen LogP contribution in [-0.2, 0) is 9.47 Å². The first-order valence-corrected chi connectivity index (χ1v) is 9.08. The van der Waals surface area contributed by atoms with Gasteiger partial charge in [-0.05, 0) is 6.08 Å². The molecule has 3 N–H and O–H groups in total. The number of rotatable bonds is 5. The average molecular weight is 410 g/mol. The number of amidine groups is 1. The maximum Gasteiger partial charge on any atom is 0.414 e. The molecule has 1 aromatic carbocycles. The summed E-state index contributed by atoms with van der Waals surface area (Å²) in [6, 6.07) is 2.32. The summed E-state index contributed by atoms with van der Waals surface area (Å²) in [6.45, 7) is 6.17. The molecular formula is C19H24F2N4O4. The first-order chi connectivity index (χ1) is 13.9. The third-order valence-electron chi connectivity index (χ3n) is 5.06. The molecule has 1 atom stereocenters. The molecule has 1 amide bonds. The number of carbonyl (C=O) groups excluding carboxylic acids is 1. The highest BCUT2D eigenvalue weighted by molar-refractivity contribution is 5.91. The van der Waals surface area contributed by atoms with Gasteiger partial charge in [0.05, 0.1) is 37.4 Å². The minimum atomic E-state index is -0.703. The molecule has 0 aliphatic carbocycles. The van der Waals surface area contributed by atoms with Crippen LogP contribution in [0.4, 0.5) is 25.0 Å². The van der Waals surface area contributed by atoms with Gasteiger partial charge < -0.3 is 25.2 Å². The predicted octanol–water partition coefficient (Wildman–Crippen LogP) is 1.28. The lowest BCUT2D eigenvalue weighted by Crippen LogP contribution is -2.66. The highest BCUT2D eigenvalue weighted by Crippen LogP contribution is 2.42. The van der Waals surface area contributed by atoms with Crippen molar-refractivity contribution in [2.24, 2.45) is 16.1 Å². The van der Waals surface area contributed by atoms with Crippen LogP contribution in [0, 0.1) is 17.0 Å². The van der Waals surface area contributed by atoms with Gasteiger partial charge in [-0.2, -0.15) is 0 Å². The Morgan fingerprint density at radius 2 is 2.00 bits per heavy atom. The van der Waals surface area contributed by atoms with Crippen molar-refractivity contribution in [2.45, 2.75) is 6.10 Å². The summed E-state index contributed by atoms with van der Waals surface area (Å²) in [6.07, 6.45) is 0.164. The van der Waals surface area contributed by atoms with Crippen molar-refractivity contribution in [3.05, 3.63) is 36.4 Å². The average Bonchev–Trinajstić information content (AvgIpc) is 3.01. The summed E-state index contributed by atoms with van der Waals surface area (Å²) < 4.78 is 39.5. The second kappa shape index (κ2) is 8.34. The highest BCUT2D eigenvalue weighted by Gasteiger charge is 2.50. The molecule has 1 spiro atoms. The van der Waals surface area contributed by atoms with Gasteiger partial charge in [0.25, 0.3) is 0 Å². The van der Waals surface area contributed by atoms with Crippen LogP contribution in [0.5, 0.6) is 0 Å². The van der Waals surface area contributed by atoms with Gasteiger partial charge in [-0.3, -0.25) is 9.89 Å². The number of aliphatic imine (C=N–C) groups is 1. The van der Waals surface area contributed by atoms with Gasteiger partial charge in [-0.25, -0.2) is 13.6 Å². The molecule has 0 saturated carbocycles. The van der Waals surface area contributed by atoms with Gasteiger partial charge in [0.1, 0.15) is 17.6 Å². The van der Waals surface area contributed by atoms with E-state index in [1.54, 1.807) is 4.90 Å². The number of amides is 1. The molecule has 10 heteroatoms. The number of carbonyl (C=O) groups is 1. The van der Waals surface area contributed by atoms with E-state index in [1.165, 1.54) is 11.0 Å². The monoisotopic (exact) mass is 410 g/mol. The largest absolute Gasteiger partial charge is 0.442 e. The first kappa shape index (κ1) is 21.0. The third kappa shape index (κ3) is 4.03. The number of anilines is 2. The number of hydrogen-bond acceptors (Lipinski definition) is 6. The van der Waals surface area contributed by atoms with Gasteiger partial charge in [0.2, 0.25) is 0 Å². The van der Waals surface area contributed by atoms with E-state index in [1.807, 2.05) is 0 Å². The summed E-state index contributed by atoms with van der Waals surface area (Å²) in [5.41, 5.74) is 5.62. The van der Waals surface area contributed by atoms with Crippen molar-refractivity contribution in [1.82, 2.24) is 0 Å². The van der Waals surface area contributed by atoms with Crippen LogP contribution < -0.4 is 15.5 Å². The van der Waals surface area contributed by atoms with Crippen LogP contribution in [0.2, 0.25) is 0 Å². The topological polar surface area (TPSA) is 101 Å². The number of cyclic esters (lactones) is 1. The van der Waals surface area contributed by atoms with E-state index < -0.39 is 23.8 Å². The number of nitrogens with zero attached hydrogens (tertiary/aromatic N) is 3. The van der Waals surface area contributed by atoms with E-state index in [0.717, 1.165) is 19.2 Å². The van der Waals surface area contributed by atoms with Gasteiger partial charge in [0, 0.05) is 32.3 Å². The quantitative estimate of drug-likeness (QED) is 0.560. The second-order valence-electron chi connectivity index (χ2n) is 7.19. The zero-order valence-corrected chi connectivity index (χ0v) is 16.1. The van der Waals surface area contributed by atoms with Crippen molar-refractivity contribution in [3.8, 4) is 0 Å². The smallest absolute Gasteiger partial charge is 0.414 e. The van der Waals surface area contributed by atoms with Crippen LogP contribution in [0.3, 0.4) is 0 Å². The molecule has 3 aliphatic rings. The summed E-state index contributed by atoms with van der Waals surface area (Å²) in [7, 11) is 1.00. The van der Waals surface area contributed by atoms with Crippen molar-refractivity contribution in [2.75, 3.05) is 56.3 Å². The van der Waals surface area contributed by atoms with E-state index >= 15 is 0 Å². The number of ether oxygens (including phenoxy) is 2. The Morgan fingerprint density at radius 1 is 1.38 bits per heavy atom. The zero-order valence-electron chi connectivity index (χ0n) is 16.1. The number of aliphatic hydroxyl groups is 1. The Balaban J connectivity index is 0.00000117. The zero-order chi connectivity index (χ0) is 21.2. The Bertz CT molecular complexity index is 797. The second-order valence-corrected chi connectivity index (χ2v) is 7.19. The van der Waals surface area contributed by atoms with Crippen molar-refractivity contribution in [1.29, 1.82) is 0 Å². The molecule has 158 valence electrons. The standard InChI is InChI=1S/C18H20F2N4O3.CH4O/c1-2-15(21)22-5-12-6-24(17(25)27-12)11-3-13(19)16(14(20)4-11)23-7-18(8-23)9-26-10-18;1-2/h2-4,12H,1,5-10H2,(H2,21,22);2H,1H3. The van der Waals surface area contributed by atoms with Crippen LogP contribution in [-0.4, -0.2) is 69.6 Å². The molecule has 0 bridgehead atoms. The molecule has 1 aromatic rings. The Kier molecular flexibility index (Phi) is 6.04. The lowest BCUT2D eigenvalue weighted by atomic mass is 9.77. The molecule has 0 radical (unpaired) electrons. The van der Waals surface area contributed by atoms with Gasteiger partial charge in [0.15, 0.2) is 11.6 Å². The lowest BCUT2D eigenvalue weighted by molar-refractivity contribution is -0.127. The normalized spacial score (nSPS) is 22.4. The van der Waals surface area contributed by atoms with Crippen LogP contribution in [0.1, 0.15) is 0 Å². The Labute approximate surface area is 167 Å². The summed E-state index contributed by atoms with van der Waals surface area (Å²) in [4.78, 5) is 18.9. The van der Waals surface area contributed by atoms with E-state index in [2.05, 4.69) is 11.6 Å². The van der Waals surface area contributed by atoms with Gasteiger partial charge in [-0.15, -0.1) is 0 Å². The number of benzene rings is 1. The molecule has 1 unspecified atom stereocenters. The predicted molar refractivity (Wildman–Crippen MR) is 104 cm³/mol. The Hall–Kier alpha value is -2.72. The van der Waals surface area contributed by atoms with E-state index in [0.29, 0.717) is 26.3 Å². The highest BCUT2D eigenvalue weighted by atomic mass is 19.1. The van der Waals surface area contributed by atoms with Crippen LogP contribution in [0.15, 0.2) is 29.8 Å². The van der Waals surface area contributed by atoms with E-state index in [9.17, 15) is 13.6 Å². The molecule has 3 fully saturated rings. The fourth-order valence-electron chi connectivity index (χ4n) is 3.60. The minimum Gasteiger partial charge on any atom is -0.442 e. The number of aliphatic hydroxyl groups excluding tert-OH is 1. The molecule has 3 saturated heterocycles. The Morgan fingerprint density at radius 3 is 2.52 bits per heavy atom. The molecule has 0 aromatic heterocycles. The number of hydrogen-bond donors (Lipinski definition) is 2. The van der Waals surface area contributed by atoms with Crippen LogP contribution in [0.25, 0.3) is 0 Å². The maximum atomic E-state index is 14.6. The molecule has 29 heavy (non-hydrogen) atoms. The summed E-state index contributed by atoms with van der Waals surface area (Å²) >= 11 is 0. The van der Waals surface area contributed by atoms with Gasteiger partial charge >= 0.3 is 6.09 Å². The third-order valence-corrected chi connectivity index (χ3v) is 5.06. The minimum absolute atomic E-state index is 0.0390. The fourth-order valence-corrected chi connectivity index (χ4v) is 3.60. The molecule has 3 aliphatic heterocycles. The molecular weight excluding hydrogens is 386 g/mol. The number of halogens is 2. The molecule has 3 heterocycles. The summed E-state index contributed by atoms with van der Waals surface area (Å²) in [5.74, 6) is -1.18. The summed E-state index contributed by atoms with van der Waals surface area (Å²) in [5, 5.41) is 7.00. The van der Waals surface area contributed by atoms with Crippen molar-refractivity contribution >= 4 is 23.3 Å². The van der Waals surface area contributed by atoms with Crippen molar-refractivity contribution in [3.63, 3.8) is 0 Å². The van der Waals surface area contributed by atoms with E-state index in [4.69, 9.17) is 20.3 Å². The molecule has 8 nitrogen and oxygen atoms in total. The van der Waals surface area contributed by atoms with E-state index in [-0.39, 0.29) is 35.7 Å². The number of nitrogens with two attached hydrogens (primary N) is 1.